The lowest BCUT2D eigenvalue weighted by molar-refractivity contribution is 0.162. The Bertz CT molecular complexity index is 163. The molecule has 0 aliphatic heterocycles. The number of carbonyl (C=O) groups is 1. The number of methoxy groups -OCH3 is 1. The molecule has 1 aliphatic carbocycles. The van der Waals surface area contributed by atoms with E-state index in [1.165, 1.54) is 20.0 Å². The summed E-state index contributed by atoms with van der Waals surface area (Å²) in [4.78, 5) is 10.8. The third-order valence-electron chi connectivity index (χ3n) is 2.60. The quantitative estimate of drug-likeness (QED) is 0.660. The monoisotopic (exact) mass is 157 g/mol. The Labute approximate surface area is 67.1 Å². The fourth-order valence-corrected chi connectivity index (χ4v) is 1.04. The Kier molecular flexibility index (Phi) is 2.07. The SMILES string of the molecule is COC(=O)NC(C)C1(C)CC1. The van der Waals surface area contributed by atoms with Crippen molar-refractivity contribution in [3.05, 3.63) is 0 Å². The second-order valence-corrected chi connectivity index (χ2v) is 3.51. The van der Waals surface area contributed by atoms with Crippen molar-refractivity contribution in [3.8, 4) is 0 Å². The van der Waals surface area contributed by atoms with E-state index in [0.717, 1.165) is 0 Å². The maximum Gasteiger partial charge on any atom is 0.407 e. The van der Waals surface area contributed by atoms with E-state index in [0.29, 0.717) is 5.41 Å². The molecule has 0 saturated heterocycles. The van der Waals surface area contributed by atoms with Crippen molar-refractivity contribution < 1.29 is 9.53 Å². The third-order valence-corrected chi connectivity index (χ3v) is 2.60. The van der Waals surface area contributed by atoms with Crippen molar-refractivity contribution in [2.75, 3.05) is 7.11 Å². The molecule has 3 heteroatoms. The molecule has 0 heterocycles. The molecule has 64 valence electrons. The molecule has 0 radical (unpaired) electrons. The van der Waals surface area contributed by atoms with Gasteiger partial charge in [0, 0.05) is 6.04 Å². The van der Waals surface area contributed by atoms with Crippen LogP contribution in [0.2, 0.25) is 0 Å². The van der Waals surface area contributed by atoms with Gasteiger partial charge in [-0.1, -0.05) is 6.92 Å². The first-order valence-electron chi connectivity index (χ1n) is 3.93. The molecule has 1 unspecified atom stereocenters. The first-order valence-corrected chi connectivity index (χ1v) is 3.93. The minimum absolute atomic E-state index is 0.231. The molecule has 1 rings (SSSR count). The minimum Gasteiger partial charge on any atom is -0.453 e. The zero-order valence-corrected chi connectivity index (χ0v) is 7.31. The highest BCUT2D eigenvalue weighted by atomic mass is 16.5. The van der Waals surface area contributed by atoms with Gasteiger partial charge in [0.05, 0.1) is 7.11 Å². The van der Waals surface area contributed by atoms with E-state index in [9.17, 15) is 4.79 Å². The van der Waals surface area contributed by atoms with Crippen LogP contribution in [0.1, 0.15) is 26.7 Å². The Morgan fingerprint density at radius 3 is 2.55 bits per heavy atom. The van der Waals surface area contributed by atoms with Crippen LogP contribution in [0.15, 0.2) is 0 Å². The lowest BCUT2D eigenvalue weighted by Gasteiger charge is -2.18. The third kappa shape index (κ3) is 1.85. The topological polar surface area (TPSA) is 38.3 Å². The zero-order chi connectivity index (χ0) is 8.48. The summed E-state index contributed by atoms with van der Waals surface area (Å²) in [6.45, 7) is 4.19. The summed E-state index contributed by atoms with van der Waals surface area (Å²) < 4.78 is 4.49. The van der Waals surface area contributed by atoms with Crippen LogP contribution < -0.4 is 5.32 Å². The van der Waals surface area contributed by atoms with Crippen LogP contribution in [0, 0.1) is 5.41 Å². The number of rotatable bonds is 2. The van der Waals surface area contributed by atoms with Gasteiger partial charge in [-0.05, 0) is 25.2 Å². The molecule has 1 aliphatic rings. The van der Waals surface area contributed by atoms with Crippen LogP contribution >= 0.6 is 0 Å². The molecule has 0 bridgehead atoms. The molecular formula is C8H15NO2. The zero-order valence-electron chi connectivity index (χ0n) is 7.31. The summed E-state index contributed by atoms with van der Waals surface area (Å²) in [5.74, 6) is 0. The van der Waals surface area contributed by atoms with E-state index in [2.05, 4.69) is 17.0 Å². The van der Waals surface area contributed by atoms with E-state index >= 15 is 0 Å². The summed E-state index contributed by atoms with van der Waals surface area (Å²) in [6.07, 6.45) is 2.08. The number of ether oxygens (including phenoxy) is 1. The van der Waals surface area contributed by atoms with Gasteiger partial charge in [0.25, 0.3) is 0 Å². The number of nitrogens with one attached hydrogen (secondary N) is 1. The summed E-state index contributed by atoms with van der Waals surface area (Å²) in [5, 5.41) is 2.77. The standard InChI is InChI=1S/C8H15NO2/c1-6(8(2)4-5-8)9-7(10)11-3/h6H,4-5H2,1-3H3,(H,9,10). The van der Waals surface area contributed by atoms with E-state index < -0.39 is 0 Å². The Morgan fingerprint density at radius 1 is 1.64 bits per heavy atom. The van der Waals surface area contributed by atoms with Crippen molar-refractivity contribution in [3.63, 3.8) is 0 Å². The van der Waals surface area contributed by atoms with Crippen LogP contribution in [0.3, 0.4) is 0 Å². The van der Waals surface area contributed by atoms with Crippen LogP contribution in [-0.2, 0) is 4.74 Å². The molecule has 11 heavy (non-hydrogen) atoms. The summed E-state index contributed by atoms with van der Waals surface area (Å²) in [6, 6.07) is 0.231. The Morgan fingerprint density at radius 2 is 2.18 bits per heavy atom. The summed E-state index contributed by atoms with van der Waals surface area (Å²) in [7, 11) is 1.39. The summed E-state index contributed by atoms with van der Waals surface area (Å²) in [5.41, 5.74) is 0.328. The lowest BCUT2D eigenvalue weighted by atomic mass is 10.0. The maximum absolute atomic E-state index is 10.8. The smallest absolute Gasteiger partial charge is 0.407 e. The molecule has 3 nitrogen and oxygen atoms in total. The normalized spacial score (nSPS) is 22.1. The largest absolute Gasteiger partial charge is 0.453 e. The molecule has 1 atom stereocenters. The van der Waals surface area contributed by atoms with E-state index in [1.807, 2.05) is 6.92 Å². The van der Waals surface area contributed by atoms with Gasteiger partial charge in [-0.15, -0.1) is 0 Å². The van der Waals surface area contributed by atoms with Gasteiger partial charge in [-0.25, -0.2) is 4.79 Å². The van der Waals surface area contributed by atoms with Gasteiger partial charge in [-0.3, -0.25) is 0 Å². The first kappa shape index (κ1) is 8.37. The van der Waals surface area contributed by atoms with Gasteiger partial charge in [0.1, 0.15) is 0 Å². The van der Waals surface area contributed by atoms with Crippen molar-refractivity contribution in [1.29, 1.82) is 0 Å². The van der Waals surface area contributed by atoms with Crippen LogP contribution in [0.25, 0.3) is 0 Å². The molecule has 0 spiro atoms. The number of alkyl carbamates (subject to hydrolysis) is 1. The molecule has 1 fully saturated rings. The fraction of sp³-hybridized carbons (Fsp3) is 0.875. The van der Waals surface area contributed by atoms with Crippen LogP contribution in [0.5, 0.6) is 0 Å². The van der Waals surface area contributed by atoms with Crippen molar-refractivity contribution in [2.24, 2.45) is 5.41 Å². The fourth-order valence-electron chi connectivity index (χ4n) is 1.04. The second-order valence-electron chi connectivity index (χ2n) is 3.51. The molecule has 0 aromatic rings. The molecule has 1 N–H and O–H groups in total. The summed E-state index contributed by atoms with van der Waals surface area (Å²) >= 11 is 0. The molecule has 1 amide bonds. The molecule has 0 aromatic carbocycles. The average Bonchev–Trinajstić information content (AvgIpc) is 2.69. The van der Waals surface area contributed by atoms with Gasteiger partial charge in [0.2, 0.25) is 0 Å². The van der Waals surface area contributed by atoms with Gasteiger partial charge < -0.3 is 10.1 Å². The van der Waals surface area contributed by atoms with Gasteiger partial charge in [0.15, 0.2) is 0 Å². The maximum atomic E-state index is 10.8. The van der Waals surface area contributed by atoms with Crippen molar-refractivity contribution >= 4 is 6.09 Å². The highest BCUT2D eigenvalue weighted by molar-refractivity contribution is 5.67. The molecule has 0 aromatic heterocycles. The van der Waals surface area contributed by atoms with Crippen LogP contribution in [0.4, 0.5) is 4.79 Å². The van der Waals surface area contributed by atoms with E-state index in [4.69, 9.17) is 0 Å². The Hall–Kier alpha value is -0.730. The van der Waals surface area contributed by atoms with E-state index in [-0.39, 0.29) is 12.1 Å². The van der Waals surface area contributed by atoms with Crippen molar-refractivity contribution in [1.82, 2.24) is 5.32 Å². The molecular weight excluding hydrogens is 142 g/mol. The first-order chi connectivity index (χ1) is 5.08. The van der Waals surface area contributed by atoms with E-state index in [1.54, 1.807) is 0 Å². The molecule has 1 saturated carbocycles. The highest BCUT2D eigenvalue weighted by Crippen LogP contribution is 2.47. The number of carbonyl (C=O) groups excluding carboxylic acids is 1. The van der Waals surface area contributed by atoms with Gasteiger partial charge in [-0.2, -0.15) is 0 Å². The number of hydrogen-bond acceptors (Lipinski definition) is 2. The predicted octanol–water partition coefficient (Wildman–Crippen LogP) is 1.53. The van der Waals surface area contributed by atoms with Crippen molar-refractivity contribution in [2.45, 2.75) is 32.7 Å². The van der Waals surface area contributed by atoms with Gasteiger partial charge >= 0.3 is 6.09 Å². The van der Waals surface area contributed by atoms with Crippen LogP contribution in [-0.4, -0.2) is 19.2 Å². The number of hydrogen-bond donors (Lipinski definition) is 1. The average molecular weight is 157 g/mol. The number of amides is 1. The second kappa shape index (κ2) is 2.72. The predicted molar refractivity (Wildman–Crippen MR) is 42.3 cm³/mol. The Balaban J connectivity index is 2.31. The lowest BCUT2D eigenvalue weighted by Crippen LogP contribution is -2.37. The minimum atomic E-state index is -0.328. The highest BCUT2D eigenvalue weighted by Gasteiger charge is 2.43.